The first kappa shape index (κ1) is 17.0. The van der Waals surface area contributed by atoms with E-state index in [1.165, 1.54) is 17.4 Å². The van der Waals surface area contributed by atoms with Gasteiger partial charge in [0.15, 0.2) is 11.5 Å². The normalized spacial score (nSPS) is 10.7. The highest BCUT2D eigenvalue weighted by Crippen LogP contribution is 2.28. The Kier molecular flexibility index (Phi) is 6.10. The Balaban J connectivity index is 2.02. The van der Waals surface area contributed by atoms with Crippen molar-refractivity contribution in [1.29, 1.82) is 0 Å². The van der Waals surface area contributed by atoms with Gasteiger partial charge in [-0.05, 0) is 37.1 Å². The topological polar surface area (TPSA) is 73.3 Å². The van der Waals surface area contributed by atoms with Crippen molar-refractivity contribution in [3.63, 3.8) is 0 Å². The van der Waals surface area contributed by atoms with E-state index in [9.17, 15) is 4.79 Å². The molecule has 0 spiro atoms. The molecule has 1 aromatic carbocycles. The van der Waals surface area contributed by atoms with Gasteiger partial charge in [-0.3, -0.25) is 10.1 Å². The number of carbonyl (C=O) groups is 1. The van der Waals surface area contributed by atoms with E-state index in [2.05, 4.69) is 15.5 Å². The summed E-state index contributed by atoms with van der Waals surface area (Å²) in [5.41, 5.74) is 0.840. The van der Waals surface area contributed by atoms with Crippen LogP contribution in [0.1, 0.15) is 24.4 Å². The summed E-state index contributed by atoms with van der Waals surface area (Å²) in [4.78, 5) is 11.9. The summed E-state index contributed by atoms with van der Waals surface area (Å²) in [6.07, 6.45) is 3.95. The van der Waals surface area contributed by atoms with Gasteiger partial charge in [0.05, 0.1) is 13.7 Å². The molecule has 0 saturated carbocycles. The smallest absolute Gasteiger partial charge is 0.250 e. The first-order chi connectivity index (χ1) is 11.2. The van der Waals surface area contributed by atoms with Gasteiger partial charge in [-0.15, -0.1) is 10.2 Å². The van der Waals surface area contributed by atoms with Crippen molar-refractivity contribution in [2.75, 3.05) is 19.0 Å². The molecule has 0 aliphatic rings. The second-order valence-electron chi connectivity index (χ2n) is 4.52. The number of nitrogens with one attached hydrogen (secondary N) is 1. The molecule has 1 aromatic heterocycles. The largest absolute Gasteiger partial charge is 0.493 e. The maximum absolute atomic E-state index is 11.9. The highest BCUT2D eigenvalue weighted by molar-refractivity contribution is 7.15. The van der Waals surface area contributed by atoms with Crippen LogP contribution in [0.3, 0.4) is 0 Å². The molecule has 7 heteroatoms. The lowest BCUT2D eigenvalue weighted by molar-refractivity contribution is -0.111. The van der Waals surface area contributed by atoms with Crippen molar-refractivity contribution < 1.29 is 14.3 Å². The zero-order valence-corrected chi connectivity index (χ0v) is 14.1. The van der Waals surface area contributed by atoms with Gasteiger partial charge in [0.25, 0.3) is 0 Å². The van der Waals surface area contributed by atoms with E-state index >= 15 is 0 Å². The number of hydrogen-bond acceptors (Lipinski definition) is 6. The van der Waals surface area contributed by atoms with Crippen molar-refractivity contribution in [3.05, 3.63) is 34.8 Å². The van der Waals surface area contributed by atoms with Gasteiger partial charge in [-0.1, -0.05) is 24.3 Å². The first-order valence-corrected chi connectivity index (χ1v) is 8.10. The van der Waals surface area contributed by atoms with E-state index in [1.54, 1.807) is 13.2 Å². The Morgan fingerprint density at radius 1 is 1.30 bits per heavy atom. The highest BCUT2D eigenvalue weighted by atomic mass is 32.1. The van der Waals surface area contributed by atoms with Crippen LogP contribution in [0.5, 0.6) is 11.5 Å². The average Bonchev–Trinajstić information content (AvgIpc) is 3.01. The average molecular weight is 333 g/mol. The Labute approximate surface area is 139 Å². The van der Waals surface area contributed by atoms with Crippen LogP contribution in [0, 0.1) is 0 Å². The molecule has 0 aliphatic carbocycles. The standard InChI is InChI=1S/C16H19N3O3S/c1-4-15-18-19-16(23-15)17-14(20)9-7-11-6-8-12(22-5-2)13(10-11)21-3/h6-10H,4-5H2,1-3H3,(H,17,19,20)/b9-7-. The van der Waals surface area contributed by atoms with E-state index in [0.29, 0.717) is 23.2 Å². The van der Waals surface area contributed by atoms with Crippen LogP contribution in [0.15, 0.2) is 24.3 Å². The quantitative estimate of drug-likeness (QED) is 0.788. The summed E-state index contributed by atoms with van der Waals surface area (Å²) in [6.45, 7) is 4.47. The van der Waals surface area contributed by atoms with Gasteiger partial charge in [0.2, 0.25) is 11.0 Å². The molecule has 0 bridgehead atoms. The van der Waals surface area contributed by atoms with Crippen LogP contribution in [0.25, 0.3) is 6.08 Å². The van der Waals surface area contributed by atoms with Crippen LogP contribution >= 0.6 is 11.3 Å². The minimum atomic E-state index is -0.253. The predicted octanol–water partition coefficient (Wildman–Crippen LogP) is 3.16. The van der Waals surface area contributed by atoms with E-state index < -0.39 is 0 Å². The van der Waals surface area contributed by atoms with E-state index in [1.807, 2.05) is 32.0 Å². The number of ether oxygens (including phenoxy) is 2. The number of methoxy groups -OCH3 is 1. The fourth-order valence-corrected chi connectivity index (χ4v) is 2.51. The number of nitrogens with zero attached hydrogens (tertiary/aromatic N) is 2. The number of anilines is 1. The lowest BCUT2D eigenvalue weighted by atomic mass is 10.2. The van der Waals surface area contributed by atoms with Gasteiger partial charge in [-0.25, -0.2) is 0 Å². The fourth-order valence-electron chi connectivity index (χ4n) is 1.83. The second-order valence-corrected chi connectivity index (χ2v) is 5.58. The number of hydrogen-bond donors (Lipinski definition) is 1. The Hall–Kier alpha value is -2.41. The molecule has 2 aromatic rings. The van der Waals surface area contributed by atoms with Gasteiger partial charge in [0, 0.05) is 6.08 Å². The third-order valence-corrected chi connectivity index (χ3v) is 3.90. The van der Waals surface area contributed by atoms with E-state index in [4.69, 9.17) is 9.47 Å². The minimum absolute atomic E-state index is 0.253. The van der Waals surface area contributed by atoms with E-state index in [-0.39, 0.29) is 5.91 Å². The molecular weight excluding hydrogens is 314 g/mol. The minimum Gasteiger partial charge on any atom is -0.493 e. The summed E-state index contributed by atoms with van der Waals surface area (Å²) in [5, 5.41) is 11.9. The summed E-state index contributed by atoms with van der Waals surface area (Å²) in [5.74, 6) is 1.06. The number of amides is 1. The molecule has 0 unspecified atom stereocenters. The monoisotopic (exact) mass is 333 g/mol. The Morgan fingerprint density at radius 2 is 2.13 bits per heavy atom. The van der Waals surface area contributed by atoms with Gasteiger partial charge < -0.3 is 9.47 Å². The van der Waals surface area contributed by atoms with Crippen molar-refractivity contribution in [1.82, 2.24) is 10.2 Å². The molecule has 0 aliphatic heterocycles. The maximum Gasteiger partial charge on any atom is 0.250 e. The van der Waals surface area contributed by atoms with Crippen molar-refractivity contribution in [2.45, 2.75) is 20.3 Å². The Bertz CT molecular complexity index is 698. The number of aromatic nitrogens is 2. The van der Waals surface area contributed by atoms with Crippen LogP contribution < -0.4 is 14.8 Å². The van der Waals surface area contributed by atoms with Crippen molar-refractivity contribution in [3.8, 4) is 11.5 Å². The van der Waals surface area contributed by atoms with Crippen LogP contribution in [-0.4, -0.2) is 29.8 Å². The molecular formula is C16H19N3O3S. The lowest BCUT2D eigenvalue weighted by Crippen LogP contribution is -2.07. The molecule has 1 amide bonds. The van der Waals surface area contributed by atoms with Crippen LogP contribution in [-0.2, 0) is 11.2 Å². The number of aryl methyl sites for hydroxylation is 1. The molecule has 0 radical (unpaired) electrons. The van der Waals surface area contributed by atoms with Gasteiger partial charge >= 0.3 is 0 Å². The lowest BCUT2D eigenvalue weighted by Gasteiger charge is -2.09. The maximum atomic E-state index is 11.9. The molecule has 0 saturated heterocycles. The second kappa shape index (κ2) is 8.28. The number of rotatable bonds is 7. The highest BCUT2D eigenvalue weighted by Gasteiger charge is 2.06. The van der Waals surface area contributed by atoms with Gasteiger partial charge in [0.1, 0.15) is 5.01 Å². The fraction of sp³-hybridized carbons (Fsp3) is 0.312. The van der Waals surface area contributed by atoms with E-state index in [0.717, 1.165) is 17.0 Å². The zero-order valence-electron chi connectivity index (χ0n) is 13.3. The Morgan fingerprint density at radius 3 is 2.78 bits per heavy atom. The number of benzene rings is 1. The summed E-state index contributed by atoms with van der Waals surface area (Å²) >= 11 is 1.37. The van der Waals surface area contributed by atoms with Crippen LogP contribution in [0.4, 0.5) is 5.13 Å². The SMILES string of the molecule is CCOc1ccc(/C=C\C(=O)Nc2nnc(CC)s2)cc1OC. The number of carbonyl (C=O) groups excluding carboxylic acids is 1. The molecule has 23 heavy (non-hydrogen) atoms. The third kappa shape index (κ3) is 4.79. The van der Waals surface area contributed by atoms with Crippen molar-refractivity contribution in [2.24, 2.45) is 0 Å². The molecule has 6 nitrogen and oxygen atoms in total. The molecule has 1 heterocycles. The summed E-state index contributed by atoms with van der Waals surface area (Å²) in [7, 11) is 1.58. The molecule has 122 valence electrons. The zero-order chi connectivity index (χ0) is 16.7. The van der Waals surface area contributed by atoms with Gasteiger partial charge in [-0.2, -0.15) is 0 Å². The van der Waals surface area contributed by atoms with Crippen molar-refractivity contribution >= 4 is 28.5 Å². The first-order valence-electron chi connectivity index (χ1n) is 7.28. The summed E-state index contributed by atoms with van der Waals surface area (Å²) in [6, 6.07) is 5.49. The summed E-state index contributed by atoms with van der Waals surface area (Å²) < 4.78 is 10.7. The predicted molar refractivity (Wildman–Crippen MR) is 91.1 cm³/mol. The third-order valence-electron chi connectivity index (χ3n) is 2.91. The molecule has 2 rings (SSSR count). The molecule has 0 fully saturated rings. The molecule has 1 N–H and O–H groups in total. The molecule has 0 atom stereocenters. The van der Waals surface area contributed by atoms with Crippen LogP contribution in [0.2, 0.25) is 0 Å².